The SMILES string of the molecule is COc1cncc(C(=O)c2ccc(N)c(Cl)c2)c1. The summed E-state index contributed by atoms with van der Waals surface area (Å²) in [5.74, 6) is 0.352. The molecule has 2 N–H and O–H groups in total. The van der Waals surface area contributed by atoms with Crippen molar-refractivity contribution in [2.75, 3.05) is 12.8 Å². The number of nitrogens with zero attached hydrogens (tertiary/aromatic N) is 1. The van der Waals surface area contributed by atoms with Crippen LogP contribution in [0.5, 0.6) is 5.75 Å². The van der Waals surface area contributed by atoms with E-state index < -0.39 is 0 Å². The molecule has 4 nitrogen and oxygen atoms in total. The molecule has 0 aliphatic carbocycles. The number of benzene rings is 1. The standard InChI is InChI=1S/C13H11ClN2O2/c1-18-10-4-9(6-16-7-10)13(17)8-2-3-12(15)11(14)5-8/h2-7H,15H2,1H3. The third-order valence-corrected chi connectivity index (χ3v) is 2.80. The molecule has 18 heavy (non-hydrogen) atoms. The van der Waals surface area contributed by atoms with Crippen LogP contribution < -0.4 is 10.5 Å². The zero-order chi connectivity index (χ0) is 13.1. The van der Waals surface area contributed by atoms with Crippen molar-refractivity contribution in [3.05, 3.63) is 52.8 Å². The average Bonchev–Trinajstić information content (AvgIpc) is 2.41. The molecule has 92 valence electrons. The monoisotopic (exact) mass is 262 g/mol. The highest BCUT2D eigenvalue weighted by molar-refractivity contribution is 6.33. The predicted octanol–water partition coefficient (Wildman–Crippen LogP) is 2.56. The van der Waals surface area contributed by atoms with Crippen LogP contribution in [0.3, 0.4) is 0 Å². The highest BCUT2D eigenvalue weighted by Crippen LogP contribution is 2.22. The number of ketones is 1. The number of nitrogen functional groups attached to an aromatic ring is 1. The van der Waals surface area contributed by atoms with Crippen molar-refractivity contribution in [3.63, 3.8) is 0 Å². The van der Waals surface area contributed by atoms with Crippen LogP contribution in [0.15, 0.2) is 36.7 Å². The number of anilines is 1. The van der Waals surface area contributed by atoms with E-state index in [4.69, 9.17) is 22.1 Å². The number of pyridine rings is 1. The minimum absolute atomic E-state index is 0.177. The molecule has 2 rings (SSSR count). The lowest BCUT2D eigenvalue weighted by atomic mass is 10.0. The molecule has 2 aromatic rings. The lowest BCUT2D eigenvalue weighted by molar-refractivity contribution is 0.103. The normalized spacial score (nSPS) is 10.1. The van der Waals surface area contributed by atoms with Gasteiger partial charge in [-0.05, 0) is 24.3 Å². The van der Waals surface area contributed by atoms with Gasteiger partial charge in [0, 0.05) is 17.3 Å². The van der Waals surface area contributed by atoms with E-state index in [1.54, 1.807) is 24.3 Å². The van der Waals surface area contributed by atoms with Crippen molar-refractivity contribution in [1.29, 1.82) is 0 Å². The van der Waals surface area contributed by atoms with Crippen LogP contribution in [0.25, 0.3) is 0 Å². The first-order valence-corrected chi connectivity index (χ1v) is 5.58. The van der Waals surface area contributed by atoms with Crippen LogP contribution in [0, 0.1) is 0 Å². The summed E-state index contributed by atoms with van der Waals surface area (Å²) < 4.78 is 5.02. The van der Waals surface area contributed by atoms with Crippen LogP contribution >= 0.6 is 11.6 Å². The zero-order valence-electron chi connectivity index (χ0n) is 9.68. The number of hydrogen-bond donors (Lipinski definition) is 1. The minimum Gasteiger partial charge on any atom is -0.495 e. The Morgan fingerprint density at radius 1 is 1.28 bits per heavy atom. The molecular formula is C13H11ClN2O2. The summed E-state index contributed by atoms with van der Waals surface area (Å²) in [4.78, 5) is 16.1. The first kappa shape index (κ1) is 12.4. The molecule has 0 saturated heterocycles. The van der Waals surface area contributed by atoms with Gasteiger partial charge in [0.05, 0.1) is 24.0 Å². The van der Waals surface area contributed by atoms with E-state index in [2.05, 4.69) is 4.98 Å². The second kappa shape index (κ2) is 5.06. The second-order valence-electron chi connectivity index (χ2n) is 3.68. The number of halogens is 1. The molecule has 1 heterocycles. The molecular weight excluding hydrogens is 252 g/mol. The molecule has 0 aliphatic rings. The van der Waals surface area contributed by atoms with Gasteiger partial charge in [-0.1, -0.05) is 11.6 Å². The molecule has 0 unspecified atom stereocenters. The third kappa shape index (κ3) is 2.43. The van der Waals surface area contributed by atoms with Crippen molar-refractivity contribution in [2.45, 2.75) is 0 Å². The van der Waals surface area contributed by atoms with Crippen molar-refractivity contribution < 1.29 is 9.53 Å². The summed E-state index contributed by atoms with van der Waals surface area (Å²) in [5.41, 5.74) is 6.94. The molecule has 0 spiro atoms. The molecule has 0 fully saturated rings. The quantitative estimate of drug-likeness (QED) is 0.682. The first-order valence-electron chi connectivity index (χ1n) is 5.20. The number of nitrogens with two attached hydrogens (primary N) is 1. The van der Waals surface area contributed by atoms with Crippen LogP contribution in [-0.4, -0.2) is 17.9 Å². The van der Waals surface area contributed by atoms with E-state index in [0.717, 1.165) is 0 Å². The van der Waals surface area contributed by atoms with Gasteiger partial charge in [0.15, 0.2) is 5.78 Å². The average molecular weight is 263 g/mol. The van der Waals surface area contributed by atoms with Gasteiger partial charge in [0.1, 0.15) is 5.75 Å². The fourth-order valence-electron chi connectivity index (χ4n) is 1.49. The number of methoxy groups -OCH3 is 1. The zero-order valence-corrected chi connectivity index (χ0v) is 10.4. The highest BCUT2D eigenvalue weighted by atomic mass is 35.5. The maximum atomic E-state index is 12.2. The lowest BCUT2D eigenvalue weighted by Gasteiger charge is -2.05. The van der Waals surface area contributed by atoms with E-state index in [-0.39, 0.29) is 5.78 Å². The number of rotatable bonds is 3. The maximum Gasteiger partial charge on any atom is 0.194 e. The molecule has 1 aromatic heterocycles. The smallest absolute Gasteiger partial charge is 0.194 e. The Bertz CT molecular complexity index is 599. The largest absolute Gasteiger partial charge is 0.495 e. The van der Waals surface area contributed by atoms with Crippen molar-refractivity contribution in [1.82, 2.24) is 4.98 Å². The molecule has 0 saturated carbocycles. The Morgan fingerprint density at radius 2 is 2.06 bits per heavy atom. The number of carbonyl (C=O) groups excluding carboxylic acids is 1. The highest BCUT2D eigenvalue weighted by Gasteiger charge is 2.11. The second-order valence-corrected chi connectivity index (χ2v) is 4.09. The molecule has 0 aliphatic heterocycles. The van der Waals surface area contributed by atoms with Crippen molar-refractivity contribution in [2.24, 2.45) is 0 Å². The van der Waals surface area contributed by atoms with Gasteiger partial charge in [-0.15, -0.1) is 0 Å². The fourth-order valence-corrected chi connectivity index (χ4v) is 1.67. The minimum atomic E-state index is -0.177. The van der Waals surface area contributed by atoms with Gasteiger partial charge in [0.25, 0.3) is 0 Å². The Labute approximate surface area is 109 Å². The van der Waals surface area contributed by atoms with Gasteiger partial charge in [-0.25, -0.2) is 0 Å². The first-order chi connectivity index (χ1) is 8.61. The molecule has 0 atom stereocenters. The Hall–Kier alpha value is -2.07. The van der Waals surface area contributed by atoms with Crippen LogP contribution in [0.1, 0.15) is 15.9 Å². The van der Waals surface area contributed by atoms with E-state index in [1.807, 2.05) is 0 Å². The summed E-state index contributed by atoms with van der Waals surface area (Å²) in [6.07, 6.45) is 3.02. The van der Waals surface area contributed by atoms with E-state index in [0.29, 0.717) is 27.6 Å². The van der Waals surface area contributed by atoms with E-state index in [9.17, 15) is 4.79 Å². The summed E-state index contributed by atoms with van der Waals surface area (Å²) in [5, 5.41) is 0.358. The molecule has 0 radical (unpaired) electrons. The number of hydrogen-bond acceptors (Lipinski definition) is 4. The Kier molecular flexibility index (Phi) is 3.48. The van der Waals surface area contributed by atoms with E-state index >= 15 is 0 Å². The van der Waals surface area contributed by atoms with Crippen molar-refractivity contribution in [3.8, 4) is 5.75 Å². The maximum absolute atomic E-state index is 12.2. The fraction of sp³-hybridized carbons (Fsp3) is 0.0769. The topological polar surface area (TPSA) is 65.2 Å². The van der Waals surface area contributed by atoms with E-state index in [1.165, 1.54) is 19.5 Å². The summed E-state index contributed by atoms with van der Waals surface area (Å²) >= 11 is 5.89. The Morgan fingerprint density at radius 3 is 2.72 bits per heavy atom. The van der Waals surface area contributed by atoms with Gasteiger partial charge >= 0.3 is 0 Å². The van der Waals surface area contributed by atoms with Gasteiger partial charge < -0.3 is 10.5 Å². The number of ether oxygens (including phenoxy) is 1. The number of aromatic nitrogens is 1. The molecule has 5 heteroatoms. The summed E-state index contributed by atoms with van der Waals surface area (Å²) in [6.45, 7) is 0. The number of carbonyl (C=O) groups is 1. The molecule has 1 aromatic carbocycles. The van der Waals surface area contributed by atoms with Gasteiger partial charge in [-0.3, -0.25) is 9.78 Å². The Balaban J connectivity index is 2.38. The van der Waals surface area contributed by atoms with Crippen LogP contribution in [0.2, 0.25) is 5.02 Å². The van der Waals surface area contributed by atoms with Gasteiger partial charge in [0.2, 0.25) is 0 Å². The van der Waals surface area contributed by atoms with Crippen LogP contribution in [0.4, 0.5) is 5.69 Å². The van der Waals surface area contributed by atoms with Gasteiger partial charge in [-0.2, -0.15) is 0 Å². The lowest BCUT2D eigenvalue weighted by Crippen LogP contribution is -2.03. The van der Waals surface area contributed by atoms with Crippen LogP contribution in [-0.2, 0) is 0 Å². The van der Waals surface area contributed by atoms with Crippen molar-refractivity contribution >= 4 is 23.1 Å². The predicted molar refractivity (Wildman–Crippen MR) is 70.1 cm³/mol. The molecule has 0 bridgehead atoms. The summed E-state index contributed by atoms with van der Waals surface area (Å²) in [7, 11) is 1.52. The third-order valence-electron chi connectivity index (χ3n) is 2.47. The molecule has 0 amide bonds. The summed E-state index contributed by atoms with van der Waals surface area (Å²) in [6, 6.07) is 6.39.